The molecule has 9 unspecified atom stereocenters. The molecule has 0 radical (unpaired) electrons. The third-order valence-electron chi connectivity index (χ3n) is 9.02. The van der Waals surface area contributed by atoms with Crippen molar-refractivity contribution in [2.24, 2.45) is 17.2 Å². The number of aliphatic hydroxyl groups is 6. The van der Waals surface area contributed by atoms with E-state index in [1.165, 1.54) is 6.92 Å². The fraction of sp³-hybridized carbons (Fsp3) is 0.611. The van der Waals surface area contributed by atoms with Crippen LogP contribution in [0.1, 0.15) is 26.2 Å². The number of carboxylic acid groups (broad SMARTS) is 1. The van der Waals surface area contributed by atoms with Crippen molar-refractivity contribution in [1.29, 1.82) is 0 Å². The summed E-state index contributed by atoms with van der Waals surface area (Å²) in [5.74, 6) is -16.0. The monoisotopic (exact) mass is 1020 g/mol. The first-order chi connectivity index (χ1) is 33.3. The van der Waals surface area contributed by atoms with Gasteiger partial charge in [0.05, 0.1) is 71.7 Å². The molecule has 71 heavy (non-hydrogen) atoms. The van der Waals surface area contributed by atoms with Gasteiger partial charge in [0.2, 0.25) is 76.8 Å². The Labute approximate surface area is 400 Å². The van der Waals surface area contributed by atoms with Crippen LogP contribution >= 0.6 is 0 Å². The van der Waals surface area contributed by atoms with E-state index in [-0.39, 0.29) is 12.8 Å². The number of hydrogen-bond donors (Lipinski definition) is 21. The van der Waals surface area contributed by atoms with E-state index < -0.39 is 203 Å². The van der Waals surface area contributed by atoms with Crippen molar-refractivity contribution in [3.63, 3.8) is 0 Å². The van der Waals surface area contributed by atoms with Gasteiger partial charge in [0.15, 0.2) is 0 Å². The molecule has 35 heteroatoms. The van der Waals surface area contributed by atoms with Gasteiger partial charge in [-0.3, -0.25) is 62.3 Å². The SMILES string of the molecule is CC(NC(=O)CNC(=O)C(CO)NC(=O)C(CO)NC(=O)CNC(=O)C(CO)NC(=O)C(CO)NC(=O)C(CO)NC(=O)C(CO)NC(=O)C(N)CC(N)=O)C(=O)NCC(=O)NC(CCC(N)=O)C(=O)O. The first-order valence-electron chi connectivity index (χ1n) is 20.7. The second-order valence-corrected chi connectivity index (χ2v) is 14.7. The number of aliphatic hydroxyl groups excluding tert-OH is 6. The summed E-state index contributed by atoms with van der Waals surface area (Å²) in [6, 6.07) is -15.4. The summed E-state index contributed by atoms with van der Waals surface area (Å²) in [5, 5.41) is 89.4. The summed E-state index contributed by atoms with van der Waals surface area (Å²) in [5.41, 5.74) is 15.4. The zero-order valence-electron chi connectivity index (χ0n) is 37.8. The number of rotatable bonds is 34. The minimum absolute atomic E-state index is 0.320. The van der Waals surface area contributed by atoms with Crippen LogP contribution in [0.5, 0.6) is 0 Å². The number of aliphatic carboxylic acids is 1. The highest BCUT2D eigenvalue weighted by molar-refractivity contribution is 5.98. The Morgan fingerprint density at radius 2 is 0.690 bits per heavy atom. The molecule has 0 saturated carbocycles. The lowest BCUT2D eigenvalue weighted by molar-refractivity contribution is -0.142. The average molecular weight is 1020 g/mol. The summed E-state index contributed by atoms with van der Waals surface area (Å²) >= 11 is 0. The highest BCUT2D eigenvalue weighted by Gasteiger charge is 2.33. The third kappa shape index (κ3) is 24.4. The lowest BCUT2D eigenvalue weighted by Gasteiger charge is -2.24. The highest BCUT2D eigenvalue weighted by Crippen LogP contribution is 1.99. The molecule has 0 spiro atoms. The molecule has 400 valence electrons. The van der Waals surface area contributed by atoms with Crippen molar-refractivity contribution in [3.8, 4) is 0 Å². The topological polar surface area (TPSA) is 591 Å². The number of hydrogen-bond acceptors (Lipinski definition) is 21. The Kier molecular flexibility index (Phi) is 29.4. The predicted molar refractivity (Wildman–Crippen MR) is 231 cm³/mol. The van der Waals surface area contributed by atoms with Gasteiger partial charge in [-0.2, -0.15) is 0 Å². The highest BCUT2D eigenvalue weighted by atomic mass is 16.4. The fourth-order valence-corrected chi connectivity index (χ4v) is 5.14. The number of nitrogens with two attached hydrogens (primary N) is 3. The molecule has 24 N–H and O–H groups in total. The largest absolute Gasteiger partial charge is 0.480 e. The van der Waals surface area contributed by atoms with Crippen molar-refractivity contribution in [3.05, 3.63) is 0 Å². The molecule has 13 amide bonds. The van der Waals surface area contributed by atoms with Crippen LogP contribution in [0, 0.1) is 0 Å². The number of carbonyl (C=O) groups is 14. The van der Waals surface area contributed by atoms with Crippen molar-refractivity contribution in [2.75, 3.05) is 59.3 Å². The van der Waals surface area contributed by atoms with Gasteiger partial charge in [0, 0.05) is 6.42 Å². The van der Waals surface area contributed by atoms with E-state index >= 15 is 0 Å². The molecule has 0 aliphatic carbocycles. The van der Waals surface area contributed by atoms with Crippen LogP contribution in [0.4, 0.5) is 0 Å². The molecule has 0 heterocycles. The van der Waals surface area contributed by atoms with E-state index in [0.29, 0.717) is 0 Å². The fourth-order valence-electron chi connectivity index (χ4n) is 5.14. The molecule has 0 bridgehead atoms. The number of carbonyl (C=O) groups excluding carboxylic acids is 13. The van der Waals surface area contributed by atoms with Gasteiger partial charge in [0.1, 0.15) is 48.3 Å². The third-order valence-corrected chi connectivity index (χ3v) is 9.02. The van der Waals surface area contributed by atoms with Gasteiger partial charge < -0.3 is 111 Å². The van der Waals surface area contributed by atoms with Crippen LogP contribution in [-0.4, -0.2) is 232 Å². The minimum Gasteiger partial charge on any atom is -0.480 e. The van der Waals surface area contributed by atoms with E-state index in [4.69, 9.17) is 22.3 Å². The van der Waals surface area contributed by atoms with Gasteiger partial charge in [-0.1, -0.05) is 0 Å². The molecule has 0 rings (SSSR count). The standard InChI is InChI=1S/C36H60N14O21/c1-14(28(62)40-6-26(60)44-16(36(70)71)2-3-23(38)57)43-25(59)5-41-30(64)17(8-51)47-32(66)19(10-53)45-27(61)7-42-31(65)18(9-52)48-34(68)21(12-55)50-35(69)22(13-56)49-33(67)20(11-54)46-29(63)15(37)4-24(39)58/h14-22,51-56H,2-13,37H2,1H3,(H2,38,57)(H2,39,58)(H,40,62)(H,41,64)(H,42,65)(H,43,59)(H,44,60)(H,45,61)(H,46,63)(H,47,66)(H,48,68)(H,49,67)(H,50,69)(H,70,71). The summed E-state index contributed by atoms with van der Waals surface area (Å²) in [6.07, 6.45) is -1.29. The minimum atomic E-state index is -1.92. The molecular formula is C36H60N14O21. The van der Waals surface area contributed by atoms with Gasteiger partial charge in [-0.15, -0.1) is 0 Å². The summed E-state index contributed by atoms with van der Waals surface area (Å²) < 4.78 is 0. The molecule has 9 atom stereocenters. The van der Waals surface area contributed by atoms with E-state index in [0.717, 1.165) is 0 Å². The molecular weight excluding hydrogens is 964 g/mol. The van der Waals surface area contributed by atoms with Crippen molar-refractivity contribution in [1.82, 2.24) is 58.5 Å². The lowest BCUT2D eigenvalue weighted by Crippen LogP contribution is -2.61. The zero-order chi connectivity index (χ0) is 54.5. The average Bonchev–Trinajstić information content (AvgIpc) is 3.31. The normalized spacial score (nSPS) is 14.5. The molecule has 0 aliphatic heterocycles. The first-order valence-corrected chi connectivity index (χ1v) is 20.7. The number of nitrogens with one attached hydrogen (secondary N) is 11. The van der Waals surface area contributed by atoms with Crippen LogP contribution in [0.2, 0.25) is 0 Å². The molecule has 0 aliphatic rings. The molecule has 0 fully saturated rings. The molecule has 35 nitrogen and oxygen atoms in total. The second-order valence-electron chi connectivity index (χ2n) is 14.7. The molecule has 0 aromatic heterocycles. The smallest absolute Gasteiger partial charge is 0.326 e. The lowest BCUT2D eigenvalue weighted by atomic mass is 10.1. The van der Waals surface area contributed by atoms with Gasteiger partial charge in [-0.25, -0.2) is 4.79 Å². The Morgan fingerprint density at radius 3 is 1.01 bits per heavy atom. The van der Waals surface area contributed by atoms with E-state index in [9.17, 15) is 97.8 Å². The summed E-state index contributed by atoms with van der Waals surface area (Å²) in [6.45, 7) is -8.14. The van der Waals surface area contributed by atoms with Crippen LogP contribution < -0.4 is 75.7 Å². The number of carboxylic acids is 1. The predicted octanol–water partition coefficient (Wildman–Crippen LogP) is -15.3. The Balaban J connectivity index is 5.17. The van der Waals surface area contributed by atoms with Crippen LogP contribution in [-0.2, 0) is 67.1 Å². The van der Waals surface area contributed by atoms with Crippen LogP contribution in [0.15, 0.2) is 0 Å². The van der Waals surface area contributed by atoms with E-state index in [1.807, 2.05) is 42.5 Å². The van der Waals surface area contributed by atoms with Crippen LogP contribution in [0.3, 0.4) is 0 Å². The number of primary amides is 2. The van der Waals surface area contributed by atoms with Crippen molar-refractivity contribution in [2.45, 2.75) is 80.6 Å². The van der Waals surface area contributed by atoms with E-state index in [1.54, 1.807) is 0 Å². The quantitative estimate of drug-likeness (QED) is 0.0285. The van der Waals surface area contributed by atoms with Gasteiger partial charge in [-0.05, 0) is 13.3 Å². The number of amides is 13. The van der Waals surface area contributed by atoms with Gasteiger partial charge in [0.25, 0.3) is 0 Å². The summed E-state index contributed by atoms with van der Waals surface area (Å²) in [7, 11) is 0. The summed E-state index contributed by atoms with van der Waals surface area (Å²) in [4.78, 5) is 171. The maximum Gasteiger partial charge on any atom is 0.326 e. The van der Waals surface area contributed by atoms with Crippen molar-refractivity contribution >= 4 is 82.8 Å². The molecule has 0 saturated heterocycles. The molecule has 0 aromatic carbocycles. The van der Waals surface area contributed by atoms with Crippen LogP contribution in [0.25, 0.3) is 0 Å². The zero-order valence-corrected chi connectivity index (χ0v) is 37.8. The molecule has 0 aromatic rings. The first kappa shape index (κ1) is 63.3. The Morgan fingerprint density at radius 1 is 0.394 bits per heavy atom. The Hall–Kier alpha value is -7.70. The van der Waals surface area contributed by atoms with E-state index in [2.05, 4.69) is 16.0 Å². The maximum atomic E-state index is 12.8. The van der Waals surface area contributed by atoms with Crippen molar-refractivity contribution < 1.29 is 103 Å². The second kappa shape index (κ2) is 32.9. The maximum absolute atomic E-state index is 12.8. The van der Waals surface area contributed by atoms with Gasteiger partial charge >= 0.3 is 5.97 Å². The Bertz CT molecular complexity index is 1940.